The third-order valence-corrected chi connectivity index (χ3v) is 6.02. The molecule has 0 saturated carbocycles. The van der Waals surface area contributed by atoms with Crippen molar-refractivity contribution in [3.8, 4) is 12.3 Å². The molecule has 0 fully saturated rings. The molecule has 0 amide bonds. The van der Waals surface area contributed by atoms with Gasteiger partial charge >= 0.3 is 0 Å². The summed E-state index contributed by atoms with van der Waals surface area (Å²) in [7, 11) is 0. The molecule has 1 aliphatic carbocycles. The maximum Gasteiger partial charge on any atom is 0.126 e. The molecule has 2 aromatic carbocycles. The molecule has 0 spiro atoms. The highest BCUT2D eigenvalue weighted by atomic mass is 19.1. The van der Waals surface area contributed by atoms with Crippen molar-refractivity contribution in [2.45, 2.75) is 58.8 Å². The number of terminal acetylenes is 1. The minimum absolute atomic E-state index is 0.0530. The molecule has 1 aliphatic rings. The largest absolute Gasteiger partial charge is 0.207 e. The number of hydrogen-bond donors (Lipinski definition) is 0. The van der Waals surface area contributed by atoms with Gasteiger partial charge in [-0.2, -0.15) is 0 Å². The summed E-state index contributed by atoms with van der Waals surface area (Å²) in [5.41, 5.74) is 7.47. The molecule has 0 bridgehead atoms. The molecule has 150 valence electrons. The summed E-state index contributed by atoms with van der Waals surface area (Å²) in [5, 5.41) is 0. The van der Waals surface area contributed by atoms with Crippen LogP contribution in [0.15, 0.2) is 49.6 Å². The summed E-state index contributed by atoms with van der Waals surface area (Å²) in [6.45, 7) is 17.2. The predicted molar refractivity (Wildman–Crippen MR) is 123 cm³/mol. The predicted octanol–water partition coefficient (Wildman–Crippen LogP) is 7.04. The third-order valence-electron chi connectivity index (χ3n) is 6.02. The molecule has 1 heteroatoms. The first-order valence-corrected chi connectivity index (χ1v) is 10.3. The van der Waals surface area contributed by atoms with Crippen LogP contribution < -0.4 is 0 Å². The first-order chi connectivity index (χ1) is 13.6. The summed E-state index contributed by atoms with van der Waals surface area (Å²) in [6, 6.07) is 9.76. The minimum atomic E-state index is -0.187. The van der Waals surface area contributed by atoms with E-state index in [0.29, 0.717) is 18.4 Å². The fourth-order valence-electron chi connectivity index (χ4n) is 5.00. The zero-order chi connectivity index (χ0) is 21.4. The van der Waals surface area contributed by atoms with Crippen LogP contribution >= 0.6 is 0 Å². The van der Waals surface area contributed by atoms with Crippen LogP contribution in [0.4, 0.5) is 4.39 Å². The molecule has 0 saturated heterocycles. The summed E-state index contributed by atoms with van der Waals surface area (Å²) in [6.07, 6.45) is 10.9. The van der Waals surface area contributed by atoms with Gasteiger partial charge in [-0.05, 0) is 82.0 Å². The molecule has 0 unspecified atom stereocenters. The van der Waals surface area contributed by atoms with E-state index in [-0.39, 0.29) is 16.6 Å². The molecule has 0 atom stereocenters. The fraction of sp³-hybridized carbons (Fsp3) is 0.357. The summed E-state index contributed by atoms with van der Waals surface area (Å²) in [4.78, 5) is 0. The molecular weight excluding hydrogens is 355 g/mol. The Kier molecular flexibility index (Phi) is 5.59. The molecule has 3 rings (SSSR count). The smallest absolute Gasteiger partial charge is 0.126 e. The lowest BCUT2D eigenvalue weighted by Gasteiger charge is -2.43. The van der Waals surface area contributed by atoms with Crippen molar-refractivity contribution in [3.63, 3.8) is 0 Å². The van der Waals surface area contributed by atoms with Crippen LogP contribution in [0.25, 0.3) is 5.57 Å². The van der Waals surface area contributed by atoms with Crippen molar-refractivity contribution in [1.82, 2.24) is 0 Å². The highest BCUT2D eigenvalue weighted by Gasteiger charge is 2.38. The van der Waals surface area contributed by atoms with Crippen molar-refractivity contribution >= 4 is 5.57 Å². The minimum Gasteiger partial charge on any atom is -0.207 e. The Morgan fingerprint density at radius 1 is 1.21 bits per heavy atom. The van der Waals surface area contributed by atoms with Crippen molar-refractivity contribution in [1.29, 1.82) is 0 Å². The second-order valence-corrected chi connectivity index (χ2v) is 9.79. The molecule has 29 heavy (non-hydrogen) atoms. The standard InChI is InChI=1S/C28H31F/c1-8-10-22-12-11-20(14-26(22)29)13-19(3)23-15-21(9-2)24-17-27(4,5)18-28(6,7)25(24)16-23/h2,8,11-12,14-16H,1,3,10,13,17-18H2,4-7H3. The Labute approximate surface area is 175 Å². The highest BCUT2D eigenvalue weighted by molar-refractivity contribution is 5.70. The Hall–Kier alpha value is -2.59. The zero-order valence-corrected chi connectivity index (χ0v) is 18.2. The van der Waals surface area contributed by atoms with Crippen LogP contribution in [0.5, 0.6) is 0 Å². The Bertz CT molecular complexity index is 1010. The number of hydrogen-bond acceptors (Lipinski definition) is 0. The van der Waals surface area contributed by atoms with Gasteiger partial charge in [0.25, 0.3) is 0 Å². The fourth-order valence-corrected chi connectivity index (χ4v) is 5.00. The maximum absolute atomic E-state index is 14.3. The number of rotatable bonds is 5. The average molecular weight is 387 g/mol. The van der Waals surface area contributed by atoms with Gasteiger partial charge in [-0.1, -0.05) is 64.5 Å². The van der Waals surface area contributed by atoms with E-state index >= 15 is 0 Å². The van der Waals surface area contributed by atoms with Gasteiger partial charge < -0.3 is 0 Å². The molecule has 0 N–H and O–H groups in total. The lowest BCUT2D eigenvalue weighted by atomic mass is 9.61. The lowest BCUT2D eigenvalue weighted by Crippen LogP contribution is -2.35. The number of fused-ring (bicyclic) bond motifs is 1. The first kappa shape index (κ1) is 21.1. The Balaban J connectivity index is 1.96. The third kappa shape index (κ3) is 4.38. The van der Waals surface area contributed by atoms with E-state index in [0.717, 1.165) is 35.1 Å². The molecule has 0 aliphatic heterocycles. The van der Waals surface area contributed by atoms with Crippen molar-refractivity contribution in [3.05, 3.63) is 88.8 Å². The highest BCUT2D eigenvalue weighted by Crippen LogP contribution is 2.47. The molecule has 0 radical (unpaired) electrons. The van der Waals surface area contributed by atoms with Gasteiger partial charge in [0.05, 0.1) is 0 Å². The maximum atomic E-state index is 14.3. The van der Waals surface area contributed by atoms with E-state index in [2.05, 4.69) is 58.9 Å². The van der Waals surface area contributed by atoms with Crippen LogP contribution in [0.2, 0.25) is 0 Å². The van der Waals surface area contributed by atoms with Gasteiger partial charge in [-0.25, -0.2) is 4.39 Å². The SMILES string of the molecule is C#Cc1cc(C(=C)Cc2ccc(CC=C)c(F)c2)cc2c1CC(C)(C)CC2(C)C. The number of halogens is 1. The Morgan fingerprint density at radius 3 is 2.55 bits per heavy atom. The van der Waals surface area contributed by atoms with Gasteiger partial charge in [0.2, 0.25) is 0 Å². The monoisotopic (exact) mass is 386 g/mol. The van der Waals surface area contributed by atoms with Crippen LogP contribution in [-0.4, -0.2) is 0 Å². The summed E-state index contributed by atoms with van der Waals surface area (Å²) < 4.78 is 14.3. The van der Waals surface area contributed by atoms with E-state index in [9.17, 15) is 4.39 Å². The number of benzene rings is 2. The Morgan fingerprint density at radius 2 is 1.93 bits per heavy atom. The quantitative estimate of drug-likeness (QED) is 0.382. The van der Waals surface area contributed by atoms with Gasteiger partial charge in [-0.3, -0.25) is 0 Å². The molecule has 2 aromatic rings. The van der Waals surface area contributed by atoms with Gasteiger partial charge in [-0.15, -0.1) is 13.0 Å². The van der Waals surface area contributed by atoms with Crippen LogP contribution in [-0.2, 0) is 24.7 Å². The van der Waals surface area contributed by atoms with E-state index in [4.69, 9.17) is 6.42 Å². The van der Waals surface area contributed by atoms with Crippen LogP contribution in [0.3, 0.4) is 0 Å². The van der Waals surface area contributed by atoms with Gasteiger partial charge in [0, 0.05) is 5.56 Å². The summed E-state index contributed by atoms with van der Waals surface area (Å²) >= 11 is 0. The van der Waals surface area contributed by atoms with E-state index in [1.54, 1.807) is 12.1 Å². The van der Waals surface area contributed by atoms with E-state index < -0.39 is 0 Å². The topological polar surface area (TPSA) is 0 Å². The second-order valence-electron chi connectivity index (χ2n) is 9.79. The first-order valence-electron chi connectivity index (χ1n) is 10.3. The lowest BCUT2D eigenvalue weighted by molar-refractivity contribution is 0.231. The molecule has 0 nitrogen and oxygen atoms in total. The van der Waals surface area contributed by atoms with Crippen molar-refractivity contribution in [2.24, 2.45) is 5.41 Å². The van der Waals surface area contributed by atoms with E-state index in [1.807, 2.05) is 12.1 Å². The normalized spacial score (nSPS) is 16.6. The zero-order valence-electron chi connectivity index (χ0n) is 18.2. The summed E-state index contributed by atoms with van der Waals surface area (Å²) in [5.74, 6) is 2.72. The van der Waals surface area contributed by atoms with Crippen LogP contribution in [0, 0.1) is 23.6 Å². The molecule has 0 aromatic heterocycles. The van der Waals surface area contributed by atoms with E-state index in [1.165, 1.54) is 11.1 Å². The van der Waals surface area contributed by atoms with Gasteiger partial charge in [0.1, 0.15) is 5.82 Å². The number of allylic oxidation sites excluding steroid dienone is 2. The molecule has 0 heterocycles. The second kappa shape index (κ2) is 7.68. The average Bonchev–Trinajstić information content (AvgIpc) is 2.62. The van der Waals surface area contributed by atoms with Crippen molar-refractivity contribution in [2.75, 3.05) is 0 Å². The van der Waals surface area contributed by atoms with Crippen molar-refractivity contribution < 1.29 is 4.39 Å². The van der Waals surface area contributed by atoms with Crippen LogP contribution in [0.1, 0.15) is 67.5 Å². The molecular formula is C28H31F. The van der Waals surface area contributed by atoms with Gasteiger partial charge in [0.15, 0.2) is 0 Å².